The van der Waals surface area contributed by atoms with Crippen LogP contribution < -0.4 is 0 Å². The predicted molar refractivity (Wildman–Crippen MR) is 58.4 cm³/mol. The molecule has 84 valence electrons. The van der Waals surface area contributed by atoms with Crippen LogP contribution in [0.5, 0.6) is 0 Å². The summed E-state index contributed by atoms with van der Waals surface area (Å²) in [5, 5.41) is 9.63. The van der Waals surface area contributed by atoms with Gasteiger partial charge in [0.1, 0.15) is 0 Å². The van der Waals surface area contributed by atoms with Gasteiger partial charge in [0.05, 0.1) is 23.2 Å². The van der Waals surface area contributed by atoms with Gasteiger partial charge in [-0.3, -0.25) is 4.79 Å². The zero-order chi connectivity index (χ0) is 11.4. The smallest absolute Gasteiger partial charge is 0.308 e. The largest absolute Gasteiger partial charge is 0.481 e. The highest BCUT2D eigenvalue weighted by molar-refractivity contribution is 7.11. The third kappa shape index (κ3) is 3.60. The van der Waals surface area contributed by atoms with Gasteiger partial charge in [0.2, 0.25) is 0 Å². The van der Waals surface area contributed by atoms with Gasteiger partial charge in [0, 0.05) is 18.4 Å². The van der Waals surface area contributed by atoms with E-state index in [0.29, 0.717) is 0 Å². The fourth-order valence-corrected chi connectivity index (χ4v) is 2.38. The summed E-state index contributed by atoms with van der Waals surface area (Å²) in [5.74, 6) is -0.812. The second-order valence-electron chi connectivity index (χ2n) is 3.44. The van der Waals surface area contributed by atoms with Gasteiger partial charge in [-0.25, -0.2) is 4.98 Å². The lowest BCUT2D eigenvalue weighted by Gasteiger charge is -2.05. The van der Waals surface area contributed by atoms with Gasteiger partial charge in [0.15, 0.2) is 0 Å². The number of ether oxygens (including phenoxy) is 1. The number of carboxylic acid groups (broad SMARTS) is 1. The number of nitrogens with zero attached hydrogens (tertiary/aromatic N) is 1. The third-order valence-corrected chi connectivity index (χ3v) is 3.29. The molecular formula is C10H15NO3S. The summed E-state index contributed by atoms with van der Waals surface area (Å²) in [5.41, 5.74) is 0.820. The normalized spacial score (nSPS) is 12.7. The summed E-state index contributed by atoms with van der Waals surface area (Å²) < 4.78 is 5.13. The van der Waals surface area contributed by atoms with Crippen LogP contribution in [0.2, 0.25) is 0 Å². The molecule has 1 N–H and O–H groups in total. The van der Waals surface area contributed by atoms with Crippen molar-refractivity contribution < 1.29 is 14.6 Å². The molecule has 1 atom stereocenters. The van der Waals surface area contributed by atoms with Crippen molar-refractivity contribution in [1.29, 1.82) is 0 Å². The molecule has 0 saturated carbocycles. The Balaban J connectivity index is 2.72. The molecule has 1 rings (SSSR count). The van der Waals surface area contributed by atoms with Crippen molar-refractivity contribution in [2.45, 2.75) is 32.8 Å². The highest BCUT2D eigenvalue weighted by Gasteiger charge is 2.12. The van der Waals surface area contributed by atoms with Gasteiger partial charge < -0.3 is 9.84 Å². The topological polar surface area (TPSA) is 59.4 Å². The molecule has 0 spiro atoms. The van der Waals surface area contributed by atoms with Crippen LogP contribution in [0, 0.1) is 6.92 Å². The maximum absolute atomic E-state index is 10.6. The first-order valence-corrected chi connectivity index (χ1v) is 5.54. The lowest BCUT2D eigenvalue weighted by Crippen LogP contribution is -2.07. The molecule has 1 unspecified atom stereocenters. The van der Waals surface area contributed by atoms with Crippen LogP contribution in [0.3, 0.4) is 0 Å². The number of carbonyl (C=O) groups is 1. The molecule has 0 saturated heterocycles. The van der Waals surface area contributed by atoms with E-state index in [1.54, 1.807) is 7.11 Å². The fourth-order valence-electron chi connectivity index (χ4n) is 1.21. The van der Waals surface area contributed by atoms with Crippen molar-refractivity contribution in [2.75, 3.05) is 7.11 Å². The Morgan fingerprint density at radius 3 is 2.87 bits per heavy atom. The zero-order valence-corrected chi connectivity index (χ0v) is 9.93. The molecule has 0 amide bonds. The third-order valence-electron chi connectivity index (χ3n) is 2.11. The number of methoxy groups -OCH3 is 1. The number of aliphatic carboxylic acids is 1. The highest BCUT2D eigenvalue weighted by Crippen LogP contribution is 2.20. The number of hydrogen-bond acceptors (Lipinski definition) is 4. The Morgan fingerprint density at radius 2 is 2.33 bits per heavy atom. The first-order chi connectivity index (χ1) is 7.02. The van der Waals surface area contributed by atoms with Crippen molar-refractivity contribution in [3.05, 3.63) is 15.6 Å². The average molecular weight is 229 g/mol. The molecule has 1 heterocycles. The number of carboxylic acids is 1. The molecule has 5 heteroatoms. The molecule has 0 aromatic carbocycles. The Morgan fingerprint density at radius 1 is 1.67 bits per heavy atom. The van der Waals surface area contributed by atoms with Crippen molar-refractivity contribution in [2.24, 2.45) is 0 Å². The van der Waals surface area contributed by atoms with Crippen LogP contribution in [0.4, 0.5) is 0 Å². The summed E-state index contributed by atoms with van der Waals surface area (Å²) in [6.45, 7) is 3.81. The van der Waals surface area contributed by atoms with Crippen molar-refractivity contribution in [1.82, 2.24) is 4.98 Å². The number of rotatable bonds is 5. The average Bonchev–Trinajstić information content (AvgIpc) is 2.45. The second kappa shape index (κ2) is 5.23. The van der Waals surface area contributed by atoms with Crippen molar-refractivity contribution in [3.63, 3.8) is 0 Å². The standard InChI is InChI=1S/C10H15NO3S/c1-6(14-3)4-9-11-7(2)8(15-9)5-10(12)13/h6H,4-5H2,1-3H3,(H,12,13). The van der Waals surface area contributed by atoms with Gasteiger partial charge in [-0.05, 0) is 13.8 Å². The molecule has 1 aromatic rings. The van der Waals surface area contributed by atoms with Crippen molar-refractivity contribution >= 4 is 17.3 Å². The summed E-state index contributed by atoms with van der Waals surface area (Å²) in [6.07, 6.45) is 0.917. The molecule has 0 aliphatic carbocycles. The molecular weight excluding hydrogens is 214 g/mol. The molecule has 0 radical (unpaired) electrons. The molecule has 0 aliphatic heterocycles. The van der Waals surface area contributed by atoms with E-state index in [0.717, 1.165) is 22.0 Å². The predicted octanol–water partition coefficient (Wildman–Crippen LogP) is 1.66. The van der Waals surface area contributed by atoms with Gasteiger partial charge in [-0.15, -0.1) is 11.3 Å². The quantitative estimate of drug-likeness (QED) is 0.834. The summed E-state index contributed by atoms with van der Waals surface area (Å²) in [4.78, 5) is 15.7. The molecule has 0 fully saturated rings. The van der Waals surface area contributed by atoms with E-state index in [1.165, 1.54) is 11.3 Å². The van der Waals surface area contributed by atoms with E-state index in [2.05, 4.69) is 4.98 Å². The van der Waals surface area contributed by atoms with E-state index in [9.17, 15) is 4.79 Å². The number of hydrogen-bond donors (Lipinski definition) is 1. The SMILES string of the molecule is COC(C)Cc1nc(C)c(CC(=O)O)s1. The Hall–Kier alpha value is -0.940. The number of thiazole rings is 1. The maximum Gasteiger partial charge on any atom is 0.308 e. The number of aryl methyl sites for hydroxylation is 1. The van der Waals surface area contributed by atoms with Crippen LogP contribution in [0.1, 0.15) is 22.5 Å². The highest BCUT2D eigenvalue weighted by atomic mass is 32.1. The van der Waals surface area contributed by atoms with Crippen LogP contribution in [-0.4, -0.2) is 29.3 Å². The number of aromatic nitrogens is 1. The van der Waals surface area contributed by atoms with Crippen LogP contribution >= 0.6 is 11.3 Å². The minimum absolute atomic E-state index is 0.0604. The monoisotopic (exact) mass is 229 g/mol. The summed E-state index contributed by atoms with van der Waals surface area (Å²) in [7, 11) is 1.66. The van der Waals surface area contributed by atoms with Crippen molar-refractivity contribution in [3.8, 4) is 0 Å². The lowest BCUT2D eigenvalue weighted by atomic mass is 10.3. The fraction of sp³-hybridized carbons (Fsp3) is 0.600. The summed E-state index contributed by atoms with van der Waals surface area (Å²) >= 11 is 1.46. The molecule has 4 nitrogen and oxygen atoms in total. The Kier molecular flexibility index (Phi) is 4.23. The minimum atomic E-state index is -0.812. The maximum atomic E-state index is 10.6. The van der Waals surface area contributed by atoms with Gasteiger partial charge in [-0.2, -0.15) is 0 Å². The summed E-state index contributed by atoms with van der Waals surface area (Å²) in [6, 6.07) is 0. The lowest BCUT2D eigenvalue weighted by molar-refractivity contribution is -0.136. The van der Waals surface area contributed by atoms with Crippen LogP contribution in [0.15, 0.2) is 0 Å². The van der Waals surface area contributed by atoms with E-state index < -0.39 is 5.97 Å². The Labute approximate surface area is 92.9 Å². The van der Waals surface area contributed by atoms with E-state index >= 15 is 0 Å². The first-order valence-electron chi connectivity index (χ1n) is 4.72. The van der Waals surface area contributed by atoms with Gasteiger partial charge in [-0.1, -0.05) is 0 Å². The Bertz CT molecular complexity index is 348. The van der Waals surface area contributed by atoms with Gasteiger partial charge >= 0.3 is 5.97 Å². The molecule has 1 aromatic heterocycles. The van der Waals surface area contributed by atoms with Crippen LogP contribution in [-0.2, 0) is 22.4 Å². The molecule has 15 heavy (non-hydrogen) atoms. The van der Waals surface area contributed by atoms with E-state index in [-0.39, 0.29) is 12.5 Å². The molecule has 0 aliphatic rings. The van der Waals surface area contributed by atoms with E-state index in [4.69, 9.17) is 9.84 Å². The van der Waals surface area contributed by atoms with E-state index in [1.807, 2.05) is 13.8 Å². The van der Waals surface area contributed by atoms with Crippen LogP contribution in [0.25, 0.3) is 0 Å². The molecule has 0 bridgehead atoms. The first kappa shape index (κ1) is 12.1. The minimum Gasteiger partial charge on any atom is -0.481 e. The van der Waals surface area contributed by atoms with Gasteiger partial charge in [0.25, 0.3) is 0 Å². The second-order valence-corrected chi connectivity index (χ2v) is 4.61. The zero-order valence-electron chi connectivity index (χ0n) is 9.11.